The second-order valence-electron chi connectivity index (χ2n) is 7.88. The number of rotatable bonds is 8. The number of carbonyl (C=O) groups is 2. The summed E-state index contributed by atoms with van der Waals surface area (Å²) in [5, 5.41) is 13.8. The van der Waals surface area contributed by atoms with Crippen molar-refractivity contribution in [3.63, 3.8) is 0 Å². The first-order valence-corrected chi connectivity index (χ1v) is 13.5. The number of nitro benzene ring substituents is 1. The first-order valence-electron chi connectivity index (χ1n) is 11.3. The van der Waals surface area contributed by atoms with Crippen molar-refractivity contribution in [1.82, 2.24) is 4.31 Å². The Morgan fingerprint density at radius 3 is 2.49 bits per heavy atom. The molecule has 194 valence electrons. The van der Waals surface area contributed by atoms with Gasteiger partial charge in [-0.3, -0.25) is 14.9 Å². The number of ether oxygens (including phenoxy) is 2. The maximum Gasteiger partial charge on any atom is 0.350 e. The molecule has 1 aromatic heterocycles. The SMILES string of the molecule is CCOC(=O)c1sc(-c2cccc([N+](=O)[O-])c2)cc1NC(=O)c1ccc(S(=O)(=O)N2CCOCC2)cc1. The third-order valence-corrected chi connectivity index (χ3v) is 8.58. The molecule has 0 spiro atoms. The van der Waals surface area contributed by atoms with E-state index in [0.29, 0.717) is 23.7 Å². The van der Waals surface area contributed by atoms with Gasteiger partial charge in [-0.25, -0.2) is 13.2 Å². The largest absolute Gasteiger partial charge is 0.462 e. The highest BCUT2D eigenvalue weighted by Gasteiger charge is 2.27. The summed E-state index contributed by atoms with van der Waals surface area (Å²) >= 11 is 1.03. The molecule has 0 bridgehead atoms. The Hall–Kier alpha value is -3.65. The van der Waals surface area contributed by atoms with E-state index in [-0.39, 0.29) is 46.4 Å². The lowest BCUT2D eigenvalue weighted by atomic mass is 10.1. The topological polar surface area (TPSA) is 145 Å². The van der Waals surface area contributed by atoms with E-state index in [1.54, 1.807) is 19.1 Å². The Labute approximate surface area is 216 Å². The molecule has 2 aromatic carbocycles. The number of carbonyl (C=O) groups excluding carboxylic acids is 2. The molecule has 0 unspecified atom stereocenters. The van der Waals surface area contributed by atoms with E-state index in [1.807, 2.05) is 0 Å². The van der Waals surface area contributed by atoms with Crippen LogP contribution in [0.3, 0.4) is 0 Å². The van der Waals surface area contributed by atoms with Crippen molar-refractivity contribution in [2.45, 2.75) is 11.8 Å². The summed E-state index contributed by atoms with van der Waals surface area (Å²) in [7, 11) is -3.71. The lowest BCUT2D eigenvalue weighted by molar-refractivity contribution is -0.384. The van der Waals surface area contributed by atoms with Gasteiger partial charge in [0.2, 0.25) is 10.0 Å². The van der Waals surface area contributed by atoms with Gasteiger partial charge in [0.1, 0.15) is 4.88 Å². The fraction of sp³-hybridized carbons (Fsp3) is 0.250. The number of thiophene rings is 1. The lowest BCUT2D eigenvalue weighted by Crippen LogP contribution is -2.40. The Bertz CT molecular complexity index is 1430. The van der Waals surface area contributed by atoms with Gasteiger partial charge in [-0.1, -0.05) is 12.1 Å². The van der Waals surface area contributed by atoms with Gasteiger partial charge >= 0.3 is 5.97 Å². The van der Waals surface area contributed by atoms with Gasteiger partial charge in [0.25, 0.3) is 11.6 Å². The van der Waals surface area contributed by atoms with Crippen LogP contribution in [0.4, 0.5) is 11.4 Å². The van der Waals surface area contributed by atoms with Crippen molar-refractivity contribution < 1.29 is 32.4 Å². The number of sulfonamides is 1. The summed E-state index contributed by atoms with van der Waals surface area (Å²) in [6.07, 6.45) is 0. The van der Waals surface area contributed by atoms with E-state index >= 15 is 0 Å². The van der Waals surface area contributed by atoms with Gasteiger partial charge in [-0.15, -0.1) is 11.3 Å². The first kappa shape index (κ1) is 26.4. The minimum Gasteiger partial charge on any atom is -0.462 e. The van der Waals surface area contributed by atoms with Crippen molar-refractivity contribution in [2.24, 2.45) is 0 Å². The molecule has 0 atom stereocenters. The fourth-order valence-electron chi connectivity index (χ4n) is 3.66. The maximum absolute atomic E-state index is 13.0. The molecule has 1 aliphatic rings. The standard InChI is InChI=1S/C24H23N3O8S2/c1-2-35-24(29)22-20(15-21(36-22)17-4-3-5-18(14-17)27(30)31)25-23(28)16-6-8-19(9-7-16)37(32,33)26-10-12-34-13-11-26/h3-9,14-15H,2,10-13H2,1H3,(H,25,28). The summed E-state index contributed by atoms with van der Waals surface area (Å²) in [5.74, 6) is -1.21. The zero-order chi connectivity index (χ0) is 26.6. The highest BCUT2D eigenvalue weighted by molar-refractivity contribution is 7.89. The molecular weight excluding hydrogens is 522 g/mol. The molecule has 37 heavy (non-hydrogen) atoms. The zero-order valence-electron chi connectivity index (χ0n) is 19.7. The normalized spacial score (nSPS) is 14.2. The van der Waals surface area contributed by atoms with Gasteiger partial charge in [0, 0.05) is 35.7 Å². The number of anilines is 1. The maximum atomic E-state index is 13.0. The summed E-state index contributed by atoms with van der Waals surface area (Å²) < 4.78 is 37.3. The number of hydrogen-bond donors (Lipinski definition) is 1. The quantitative estimate of drug-likeness (QED) is 0.256. The van der Waals surface area contributed by atoms with Crippen LogP contribution in [0.2, 0.25) is 0 Å². The van der Waals surface area contributed by atoms with E-state index < -0.39 is 26.8 Å². The summed E-state index contributed by atoms with van der Waals surface area (Å²) in [5.41, 5.74) is 0.753. The number of benzene rings is 2. The van der Waals surface area contributed by atoms with E-state index in [0.717, 1.165) is 11.3 Å². The molecule has 13 heteroatoms. The highest BCUT2D eigenvalue weighted by atomic mass is 32.2. The van der Waals surface area contributed by atoms with Gasteiger partial charge in [-0.05, 0) is 42.8 Å². The number of non-ortho nitro benzene ring substituents is 1. The predicted molar refractivity (Wildman–Crippen MR) is 136 cm³/mol. The molecule has 1 saturated heterocycles. The van der Waals surface area contributed by atoms with Crippen LogP contribution < -0.4 is 5.32 Å². The van der Waals surface area contributed by atoms with Gasteiger partial charge in [-0.2, -0.15) is 4.31 Å². The summed E-state index contributed by atoms with van der Waals surface area (Å²) in [6, 6.07) is 13.0. The van der Waals surface area contributed by atoms with Crippen LogP contribution in [0, 0.1) is 10.1 Å². The number of esters is 1. The zero-order valence-corrected chi connectivity index (χ0v) is 21.3. The second-order valence-corrected chi connectivity index (χ2v) is 10.9. The molecule has 1 aliphatic heterocycles. The Balaban J connectivity index is 1.59. The molecule has 1 amide bonds. The number of hydrogen-bond acceptors (Lipinski definition) is 9. The third-order valence-electron chi connectivity index (χ3n) is 5.51. The minimum atomic E-state index is -3.71. The predicted octanol–water partition coefficient (Wildman–Crippen LogP) is 3.77. The van der Waals surface area contributed by atoms with E-state index in [9.17, 15) is 28.1 Å². The van der Waals surface area contributed by atoms with Gasteiger partial charge in [0.05, 0.1) is 35.3 Å². The minimum absolute atomic E-state index is 0.0571. The Morgan fingerprint density at radius 2 is 1.84 bits per heavy atom. The van der Waals surface area contributed by atoms with Crippen LogP contribution in [-0.2, 0) is 19.5 Å². The van der Waals surface area contributed by atoms with Crippen LogP contribution in [0.5, 0.6) is 0 Å². The molecule has 4 rings (SSSR count). The van der Waals surface area contributed by atoms with E-state index in [1.165, 1.54) is 46.8 Å². The molecule has 0 saturated carbocycles. The Kier molecular flexibility index (Phi) is 7.97. The number of nitrogens with zero attached hydrogens (tertiary/aromatic N) is 2. The molecule has 11 nitrogen and oxygen atoms in total. The van der Waals surface area contributed by atoms with Crippen molar-refractivity contribution in [2.75, 3.05) is 38.2 Å². The second kappa shape index (κ2) is 11.2. The molecular formula is C24H23N3O8S2. The summed E-state index contributed by atoms with van der Waals surface area (Å²) in [6.45, 7) is 2.93. The van der Waals surface area contributed by atoms with Crippen LogP contribution in [0.25, 0.3) is 10.4 Å². The van der Waals surface area contributed by atoms with Crippen molar-refractivity contribution in [3.05, 3.63) is 75.2 Å². The Morgan fingerprint density at radius 1 is 1.14 bits per heavy atom. The molecule has 2 heterocycles. The van der Waals surface area contributed by atoms with Crippen molar-refractivity contribution >= 4 is 44.6 Å². The van der Waals surface area contributed by atoms with Crippen molar-refractivity contribution in [1.29, 1.82) is 0 Å². The number of morpholine rings is 1. The molecule has 3 aromatic rings. The molecule has 1 fully saturated rings. The van der Waals surface area contributed by atoms with E-state index in [4.69, 9.17) is 9.47 Å². The van der Waals surface area contributed by atoms with E-state index in [2.05, 4.69) is 5.32 Å². The molecule has 0 radical (unpaired) electrons. The molecule has 1 N–H and O–H groups in total. The summed E-state index contributed by atoms with van der Waals surface area (Å²) in [4.78, 5) is 36.9. The van der Waals surface area contributed by atoms with Gasteiger partial charge < -0.3 is 14.8 Å². The van der Waals surface area contributed by atoms with Crippen LogP contribution in [0.1, 0.15) is 27.0 Å². The average Bonchev–Trinajstić information content (AvgIpc) is 3.33. The van der Waals surface area contributed by atoms with Gasteiger partial charge in [0.15, 0.2) is 0 Å². The lowest BCUT2D eigenvalue weighted by Gasteiger charge is -2.26. The average molecular weight is 546 g/mol. The van der Waals surface area contributed by atoms with Crippen LogP contribution >= 0.6 is 11.3 Å². The molecule has 0 aliphatic carbocycles. The smallest absolute Gasteiger partial charge is 0.350 e. The number of amides is 1. The third kappa shape index (κ3) is 5.85. The van der Waals surface area contributed by atoms with Crippen LogP contribution in [0.15, 0.2) is 59.5 Å². The highest BCUT2D eigenvalue weighted by Crippen LogP contribution is 2.37. The monoisotopic (exact) mass is 545 g/mol. The van der Waals surface area contributed by atoms with Crippen molar-refractivity contribution in [3.8, 4) is 10.4 Å². The van der Waals surface area contributed by atoms with Crippen LogP contribution in [-0.4, -0.2) is 62.4 Å². The first-order chi connectivity index (χ1) is 17.7. The number of nitro groups is 1. The number of nitrogens with one attached hydrogen (secondary N) is 1. The fourth-order valence-corrected chi connectivity index (χ4v) is 6.07.